The van der Waals surface area contributed by atoms with E-state index in [0.717, 1.165) is 24.5 Å². The number of ketones is 2. The summed E-state index contributed by atoms with van der Waals surface area (Å²) in [5.41, 5.74) is -0.887. The van der Waals surface area contributed by atoms with Gasteiger partial charge in [0.1, 0.15) is 5.78 Å². The summed E-state index contributed by atoms with van der Waals surface area (Å²) in [5, 5.41) is 10.9. The number of rotatable bonds is 5. The summed E-state index contributed by atoms with van der Waals surface area (Å²) in [5.74, 6) is -1.13. The van der Waals surface area contributed by atoms with Crippen LogP contribution in [0.3, 0.4) is 0 Å². The molecule has 0 amide bonds. The number of hydrogen-bond acceptors (Lipinski definition) is 6. The molecule has 0 heterocycles. The minimum Gasteiger partial charge on any atom is -0.300 e. The Morgan fingerprint density at radius 2 is 1.89 bits per heavy atom. The zero-order chi connectivity index (χ0) is 14.8. The van der Waals surface area contributed by atoms with Crippen LogP contribution in [-0.2, 0) is 14.6 Å². The van der Waals surface area contributed by atoms with Crippen molar-refractivity contribution in [1.82, 2.24) is 0 Å². The van der Waals surface area contributed by atoms with E-state index in [4.69, 9.17) is 0 Å². The standard InChI is InChI=1S/C11H11NO6S/c1-7(13)5-11(14)9-4-3-8(19(2,17)18)6-10(9)12(15)16/h3-4,6H,5H2,1-2H3. The van der Waals surface area contributed by atoms with Crippen LogP contribution in [0.25, 0.3) is 0 Å². The Kier molecular flexibility index (Phi) is 4.15. The molecule has 1 aromatic rings. The zero-order valence-corrected chi connectivity index (χ0v) is 11.1. The van der Waals surface area contributed by atoms with E-state index >= 15 is 0 Å². The molecular weight excluding hydrogens is 274 g/mol. The zero-order valence-electron chi connectivity index (χ0n) is 10.2. The number of hydrogen-bond donors (Lipinski definition) is 0. The van der Waals surface area contributed by atoms with Crippen LogP contribution in [0.1, 0.15) is 23.7 Å². The number of Topliss-reactive ketones (excluding diaryl/α,β-unsaturated/α-hetero) is 2. The first-order valence-corrected chi connectivity index (χ1v) is 7.03. The molecule has 0 saturated carbocycles. The van der Waals surface area contributed by atoms with Crippen molar-refractivity contribution in [2.24, 2.45) is 0 Å². The number of carbonyl (C=O) groups is 2. The topological polar surface area (TPSA) is 111 Å². The fraction of sp³-hybridized carbons (Fsp3) is 0.273. The van der Waals surface area contributed by atoms with Crippen LogP contribution in [0.15, 0.2) is 23.1 Å². The Morgan fingerprint density at radius 3 is 2.32 bits per heavy atom. The first-order valence-electron chi connectivity index (χ1n) is 5.14. The maximum absolute atomic E-state index is 11.7. The molecule has 0 fully saturated rings. The van der Waals surface area contributed by atoms with Gasteiger partial charge in [0.2, 0.25) is 0 Å². The first-order chi connectivity index (χ1) is 8.62. The van der Waals surface area contributed by atoms with Gasteiger partial charge in [-0.1, -0.05) is 0 Å². The normalized spacial score (nSPS) is 11.1. The number of carbonyl (C=O) groups excluding carboxylic acids is 2. The first kappa shape index (κ1) is 15.0. The molecule has 0 N–H and O–H groups in total. The van der Waals surface area contributed by atoms with Crippen molar-refractivity contribution >= 4 is 27.1 Å². The Balaban J connectivity index is 3.39. The summed E-state index contributed by atoms with van der Waals surface area (Å²) in [6, 6.07) is 2.98. The summed E-state index contributed by atoms with van der Waals surface area (Å²) in [6.45, 7) is 1.19. The van der Waals surface area contributed by atoms with Crippen LogP contribution in [-0.4, -0.2) is 31.2 Å². The van der Waals surface area contributed by atoms with Gasteiger partial charge >= 0.3 is 0 Å². The molecule has 0 saturated heterocycles. The number of sulfone groups is 1. The minimum absolute atomic E-state index is 0.251. The molecule has 0 spiro atoms. The molecular formula is C11H11NO6S. The van der Waals surface area contributed by atoms with Gasteiger partial charge in [-0.2, -0.15) is 0 Å². The molecule has 0 unspecified atom stereocenters. The van der Waals surface area contributed by atoms with Gasteiger partial charge in [-0.05, 0) is 19.1 Å². The summed E-state index contributed by atoms with van der Waals surface area (Å²) in [6.07, 6.45) is 0.447. The van der Waals surface area contributed by atoms with Gasteiger partial charge in [0.05, 0.1) is 21.8 Å². The van der Waals surface area contributed by atoms with Crippen molar-refractivity contribution in [3.05, 3.63) is 33.9 Å². The minimum atomic E-state index is -3.61. The lowest BCUT2D eigenvalue weighted by molar-refractivity contribution is -0.385. The van der Waals surface area contributed by atoms with E-state index in [1.165, 1.54) is 6.92 Å². The monoisotopic (exact) mass is 285 g/mol. The fourth-order valence-electron chi connectivity index (χ4n) is 1.45. The molecule has 19 heavy (non-hydrogen) atoms. The van der Waals surface area contributed by atoms with Crippen LogP contribution >= 0.6 is 0 Å². The van der Waals surface area contributed by atoms with Crippen molar-refractivity contribution in [1.29, 1.82) is 0 Å². The molecule has 0 aliphatic rings. The molecule has 8 heteroatoms. The number of benzene rings is 1. The molecule has 0 atom stereocenters. The second-order valence-corrected chi connectivity index (χ2v) is 6.03. The van der Waals surface area contributed by atoms with Crippen LogP contribution < -0.4 is 0 Å². The van der Waals surface area contributed by atoms with Crippen molar-refractivity contribution < 1.29 is 22.9 Å². The fourth-order valence-corrected chi connectivity index (χ4v) is 2.09. The van der Waals surface area contributed by atoms with E-state index in [0.29, 0.717) is 0 Å². The van der Waals surface area contributed by atoms with Crippen LogP contribution in [0.2, 0.25) is 0 Å². The van der Waals surface area contributed by atoms with Crippen LogP contribution in [0.5, 0.6) is 0 Å². The third-order valence-electron chi connectivity index (χ3n) is 2.30. The molecule has 0 bridgehead atoms. The Morgan fingerprint density at radius 1 is 1.32 bits per heavy atom. The van der Waals surface area contributed by atoms with E-state index in [-0.39, 0.29) is 10.5 Å². The highest BCUT2D eigenvalue weighted by molar-refractivity contribution is 7.90. The highest BCUT2D eigenvalue weighted by atomic mass is 32.2. The molecule has 102 valence electrons. The van der Waals surface area contributed by atoms with Crippen LogP contribution in [0.4, 0.5) is 5.69 Å². The molecule has 0 aromatic heterocycles. The van der Waals surface area contributed by atoms with E-state index < -0.39 is 38.4 Å². The van der Waals surface area contributed by atoms with Gasteiger partial charge < -0.3 is 0 Å². The van der Waals surface area contributed by atoms with Crippen LogP contribution in [0, 0.1) is 10.1 Å². The Labute approximate surface area is 109 Å². The van der Waals surface area contributed by atoms with Gasteiger partial charge in [0.25, 0.3) is 5.69 Å². The number of nitrogens with zero attached hydrogens (tertiary/aromatic N) is 1. The van der Waals surface area contributed by atoms with Crippen molar-refractivity contribution in [2.45, 2.75) is 18.2 Å². The molecule has 1 aromatic carbocycles. The summed E-state index contributed by atoms with van der Waals surface area (Å²) in [7, 11) is -3.61. The molecule has 0 aliphatic heterocycles. The Hall–Kier alpha value is -2.09. The van der Waals surface area contributed by atoms with E-state index in [9.17, 15) is 28.1 Å². The van der Waals surface area contributed by atoms with Gasteiger partial charge in [-0.3, -0.25) is 19.7 Å². The molecule has 1 rings (SSSR count). The molecule has 7 nitrogen and oxygen atoms in total. The average Bonchev–Trinajstić information content (AvgIpc) is 2.25. The maximum atomic E-state index is 11.7. The number of nitro benzene ring substituents is 1. The van der Waals surface area contributed by atoms with Gasteiger partial charge in [0.15, 0.2) is 15.6 Å². The molecule has 0 radical (unpaired) electrons. The lowest BCUT2D eigenvalue weighted by Gasteiger charge is -2.03. The van der Waals surface area contributed by atoms with Gasteiger partial charge in [0, 0.05) is 12.3 Å². The second kappa shape index (κ2) is 5.27. The van der Waals surface area contributed by atoms with Gasteiger partial charge in [-0.15, -0.1) is 0 Å². The number of nitro groups is 1. The molecule has 0 aliphatic carbocycles. The van der Waals surface area contributed by atoms with Crippen molar-refractivity contribution in [3.63, 3.8) is 0 Å². The van der Waals surface area contributed by atoms with E-state index in [1.807, 2.05) is 0 Å². The largest absolute Gasteiger partial charge is 0.300 e. The van der Waals surface area contributed by atoms with E-state index in [1.54, 1.807) is 0 Å². The Bertz CT molecular complexity index is 662. The average molecular weight is 285 g/mol. The third-order valence-corrected chi connectivity index (χ3v) is 3.41. The smallest absolute Gasteiger partial charge is 0.281 e. The maximum Gasteiger partial charge on any atom is 0.281 e. The van der Waals surface area contributed by atoms with Crippen molar-refractivity contribution in [2.75, 3.05) is 6.26 Å². The highest BCUT2D eigenvalue weighted by Crippen LogP contribution is 2.24. The third kappa shape index (κ3) is 3.68. The van der Waals surface area contributed by atoms with Crippen molar-refractivity contribution in [3.8, 4) is 0 Å². The highest BCUT2D eigenvalue weighted by Gasteiger charge is 2.23. The predicted molar refractivity (Wildman–Crippen MR) is 65.8 cm³/mol. The van der Waals surface area contributed by atoms with Gasteiger partial charge in [-0.25, -0.2) is 8.42 Å². The predicted octanol–water partition coefficient (Wildman–Crippen LogP) is 1.16. The lowest BCUT2D eigenvalue weighted by Crippen LogP contribution is -2.09. The quantitative estimate of drug-likeness (QED) is 0.347. The SMILES string of the molecule is CC(=O)CC(=O)c1ccc(S(C)(=O)=O)cc1[N+](=O)[O-]. The lowest BCUT2D eigenvalue weighted by atomic mass is 10.0. The summed E-state index contributed by atoms with van der Waals surface area (Å²) >= 11 is 0. The summed E-state index contributed by atoms with van der Waals surface area (Å²) < 4.78 is 22.6. The van der Waals surface area contributed by atoms with E-state index in [2.05, 4.69) is 0 Å². The summed E-state index contributed by atoms with van der Waals surface area (Å²) in [4.78, 5) is 32.3. The second-order valence-electron chi connectivity index (χ2n) is 4.01.